The normalized spacial score (nSPS) is 10.6. The van der Waals surface area contributed by atoms with Gasteiger partial charge in [-0.05, 0) is 34.7 Å². The molecule has 6 nitrogen and oxygen atoms in total. The molecular formula is C13H10Cl2N6. The van der Waals surface area contributed by atoms with Crippen LogP contribution < -0.4 is 5.32 Å². The fraction of sp³-hybridized carbons (Fsp3) is 0.0769. The molecule has 0 saturated carbocycles. The van der Waals surface area contributed by atoms with Gasteiger partial charge in [-0.2, -0.15) is 4.68 Å². The molecule has 0 bridgehead atoms. The minimum absolute atomic E-state index is 0.396. The first kappa shape index (κ1) is 13.8. The average Bonchev–Trinajstić information content (AvgIpc) is 2.97. The summed E-state index contributed by atoms with van der Waals surface area (Å²) in [6, 6.07) is 11.0. The van der Waals surface area contributed by atoms with E-state index in [1.54, 1.807) is 24.4 Å². The number of hydrogen-bond acceptors (Lipinski definition) is 5. The van der Waals surface area contributed by atoms with Gasteiger partial charge >= 0.3 is 0 Å². The van der Waals surface area contributed by atoms with E-state index in [2.05, 4.69) is 25.8 Å². The molecule has 3 rings (SSSR count). The number of rotatable bonds is 4. The molecule has 0 aliphatic heterocycles. The smallest absolute Gasteiger partial charge is 0.248 e. The molecule has 0 saturated heterocycles. The van der Waals surface area contributed by atoms with Crippen LogP contribution in [0.2, 0.25) is 10.0 Å². The van der Waals surface area contributed by atoms with E-state index in [0.29, 0.717) is 28.2 Å². The number of nitrogens with one attached hydrogen (secondary N) is 1. The van der Waals surface area contributed by atoms with E-state index >= 15 is 0 Å². The van der Waals surface area contributed by atoms with Gasteiger partial charge in [0.25, 0.3) is 0 Å². The van der Waals surface area contributed by atoms with E-state index in [-0.39, 0.29) is 0 Å². The fourth-order valence-electron chi connectivity index (χ4n) is 1.79. The number of pyridine rings is 1. The van der Waals surface area contributed by atoms with E-state index < -0.39 is 0 Å². The third kappa shape index (κ3) is 2.96. The van der Waals surface area contributed by atoms with Gasteiger partial charge in [0.15, 0.2) is 0 Å². The van der Waals surface area contributed by atoms with Gasteiger partial charge in [0.05, 0.1) is 28.0 Å². The Labute approximate surface area is 130 Å². The highest BCUT2D eigenvalue weighted by atomic mass is 35.5. The highest BCUT2D eigenvalue weighted by Crippen LogP contribution is 2.29. The van der Waals surface area contributed by atoms with Crippen molar-refractivity contribution in [1.29, 1.82) is 0 Å². The summed E-state index contributed by atoms with van der Waals surface area (Å²) in [4.78, 5) is 4.22. The molecule has 3 aromatic rings. The summed E-state index contributed by atoms with van der Waals surface area (Å²) >= 11 is 12.2. The first-order valence-corrected chi connectivity index (χ1v) is 6.88. The summed E-state index contributed by atoms with van der Waals surface area (Å²) in [5.41, 5.74) is 1.49. The largest absolute Gasteiger partial charge is 0.347 e. The van der Waals surface area contributed by atoms with Crippen molar-refractivity contribution < 1.29 is 0 Å². The molecule has 106 valence electrons. The lowest BCUT2D eigenvalue weighted by Crippen LogP contribution is -2.08. The van der Waals surface area contributed by atoms with Crippen molar-refractivity contribution in [3.63, 3.8) is 0 Å². The third-order valence-corrected chi connectivity index (χ3v) is 3.59. The van der Waals surface area contributed by atoms with Gasteiger partial charge in [0.1, 0.15) is 0 Å². The van der Waals surface area contributed by atoms with Gasteiger partial charge in [0, 0.05) is 6.20 Å². The monoisotopic (exact) mass is 320 g/mol. The molecule has 0 aliphatic carbocycles. The maximum atomic E-state index is 6.19. The first-order valence-electron chi connectivity index (χ1n) is 6.12. The number of anilines is 1. The zero-order chi connectivity index (χ0) is 14.7. The molecule has 0 atom stereocenters. The number of nitrogens with zero attached hydrogens (tertiary/aromatic N) is 5. The molecule has 0 radical (unpaired) electrons. The number of tetrazole rings is 1. The number of aromatic nitrogens is 5. The Morgan fingerprint density at radius 3 is 2.81 bits per heavy atom. The zero-order valence-electron chi connectivity index (χ0n) is 10.7. The van der Waals surface area contributed by atoms with E-state index in [4.69, 9.17) is 23.2 Å². The molecule has 2 heterocycles. The van der Waals surface area contributed by atoms with Gasteiger partial charge < -0.3 is 5.32 Å². The third-order valence-electron chi connectivity index (χ3n) is 2.78. The second-order valence-electron chi connectivity index (χ2n) is 4.16. The van der Waals surface area contributed by atoms with Crippen molar-refractivity contribution in [3.05, 3.63) is 58.3 Å². The van der Waals surface area contributed by atoms with Crippen LogP contribution in [-0.2, 0) is 6.54 Å². The summed E-state index contributed by atoms with van der Waals surface area (Å²) in [5, 5.41) is 15.5. The highest BCUT2D eigenvalue weighted by molar-refractivity contribution is 6.43. The fourth-order valence-corrected chi connectivity index (χ4v) is 2.16. The summed E-state index contributed by atoms with van der Waals surface area (Å²) in [5.74, 6) is 0.463. The second-order valence-corrected chi connectivity index (χ2v) is 4.95. The predicted molar refractivity (Wildman–Crippen MR) is 80.7 cm³/mol. The van der Waals surface area contributed by atoms with E-state index in [9.17, 15) is 0 Å². The Morgan fingerprint density at radius 2 is 2.00 bits per heavy atom. The van der Waals surface area contributed by atoms with E-state index in [0.717, 1.165) is 5.69 Å². The van der Waals surface area contributed by atoms with Crippen molar-refractivity contribution in [2.45, 2.75) is 6.54 Å². The van der Waals surface area contributed by atoms with E-state index in [1.165, 1.54) is 4.68 Å². The van der Waals surface area contributed by atoms with Crippen LogP contribution in [0.25, 0.3) is 5.69 Å². The molecule has 0 aliphatic rings. The lowest BCUT2D eigenvalue weighted by Gasteiger charge is -2.08. The Hall–Kier alpha value is -2.18. The average molecular weight is 321 g/mol. The Balaban J connectivity index is 1.86. The summed E-state index contributed by atoms with van der Waals surface area (Å²) in [7, 11) is 0. The Morgan fingerprint density at radius 1 is 1.10 bits per heavy atom. The van der Waals surface area contributed by atoms with Gasteiger partial charge in [0.2, 0.25) is 5.95 Å². The van der Waals surface area contributed by atoms with Crippen molar-refractivity contribution in [3.8, 4) is 5.69 Å². The van der Waals surface area contributed by atoms with Gasteiger partial charge in [-0.1, -0.05) is 40.4 Å². The van der Waals surface area contributed by atoms with Crippen LogP contribution in [0.4, 0.5) is 5.95 Å². The summed E-state index contributed by atoms with van der Waals surface area (Å²) in [6.07, 6.45) is 1.73. The predicted octanol–water partition coefficient (Wildman–Crippen LogP) is 2.98. The molecule has 8 heteroatoms. The van der Waals surface area contributed by atoms with Crippen molar-refractivity contribution in [2.75, 3.05) is 5.32 Å². The van der Waals surface area contributed by atoms with Crippen LogP contribution in [-0.4, -0.2) is 25.2 Å². The Kier molecular flexibility index (Phi) is 3.98. The molecule has 0 amide bonds. The molecule has 1 N–H and O–H groups in total. The topological polar surface area (TPSA) is 68.5 Å². The van der Waals surface area contributed by atoms with Crippen LogP contribution in [0, 0.1) is 0 Å². The van der Waals surface area contributed by atoms with Crippen molar-refractivity contribution in [1.82, 2.24) is 25.2 Å². The minimum atomic E-state index is 0.396. The zero-order valence-corrected chi connectivity index (χ0v) is 12.3. The summed E-state index contributed by atoms with van der Waals surface area (Å²) in [6.45, 7) is 0.499. The van der Waals surface area contributed by atoms with Crippen LogP contribution >= 0.6 is 23.2 Å². The second kappa shape index (κ2) is 6.07. The molecule has 0 fully saturated rings. The van der Waals surface area contributed by atoms with Gasteiger partial charge in [-0.15, -0.1) is 0 Å². The number of hydrogen-bond donors (Lipinski definition) is 1. The standard InChI is InChI=1S/C13H10Cl2N6/c14-10-5-3-6-11(12(10)15)21-13(18-19-20-21)17-8-9-4-1-2-7-16-9/h1-7H,8H2,(H,17,18,20). The molecule has 2 aromatic heterocycles. The highest BCUT2D eigenvalue weighted by Gasteiger charge is 2.13. The van der Waals surface area contributed by atoms with Crippen LogP contribution in [0.15, 0.2) is 42.6 Å². The summed E-state index contributed by atoms with van der Waals surface area (Å²) < 4.78 is 1.50. The molecule has 0 unspecified atom stereocenters. The van der Waals surface area contributed by atoms with Gasteiger partial charge in [-0.3, -0.25) is 4.98 Å². The van der Waals surface area contributed by atoms with Gasteiger partial charge in [-0.25, -0.2) is 0 Å². The maximum Gasteiger partial charge on any atom is 0.248 e. The van der Waals surface area contributed by atoms with Crippen LogP contribution in [0.5, 0.6) is 0 Å². The molecule has 1 aromatic carbocycles. The SMILES string of the molecule is Clc1cccc(-n2nnnc2NCc2ccccn2)c1Cl. The van der Waals surface area contributed by atoms with E-state index in [1.807, 2.05) is 18.2 Å². The molecular weight excluding hydrogens is 311 g/mol. The molecule has 21 heavy (non-hydrogen) atoms. The minimum Gasteiger partial charge on any atom is -0.347 e. The number of benzene rings is 1. The number of halogens is 2. The Bertz CT molecular complexity index is 743. The molecule has 0 spiro atoms. The van der Waals surface area contributed by atoms with Crippen molar-refractivity contribution in [2.24, 2.45) is 0 Å². The maximum absolute atomic E-state index is 6.19. The van der Waals surface area contributed by atoms with Crippen molar-refractivity contribution >= 4 is 29.2 Å². The first-order chi connectivity index (χ1) is 10.3. The van der Waals surface area contributed by atoms with Crippen LogP contribution in [0.1, 0.15) is 5.69 Å². The lowest BCUT2D eigenvalue weighted by molar-refractivity contribution is 0.789. The lowest BCUT2D eigenvalue weighted by atomic mass is 10.3. The van der Waals surface area contributed by atoms with Crippen LogP contribution in [0.3, 0.4) is 0 Å². The quantitative estimate of drug-likeness (QED) is 0.800.